The molecule has 136 valence electrons. The standard InChI is InChI=1S/C19H14ClN3O4/c20-15-8-4-5-13(11-15)9-10-17(25)26-12-16(24)21-19-23-22-18(27-19)14-6-2-1-3-7-14/h1-11H,12H2,(H,21,23,24)/b10-9+. The number of hydrogen-bond donors (Lipinski definition) is 1. The Kier molecular flexibility index (Phi) is 5.96. The number of nitrogens with zero attached hydrogens (tertiary/aromatic N) is 2. The molecule has 1 amide bonds. The van der Waals surface area contributed by atoms with E-state index < -0.39 is 18.5 Å². The number of amides is 1. The van der Waals surface area contributed by atoms with Gasteiger partial charge < -0.3 is 9.15 Å². The zero-order valence-electron chi connectivity index (χ0n) is 14.0. The maximum atomic E-state index is 11.8. The van der Waals surface area contributed by atoms with E-state index in [0.717, 1.165) is 11.1 Å². The topological polar surface area (TPSA) is 94.3 Å². The summed E-state index contributed by atoms with van der Waals surface area (Å²) >= 11 is 5.86. The summed E-state index contributed by atoms with van der Waals surface area (Å²) in [5.41, 5.74) is 1.46. The Morgan fingerprint density at radius 3 is 2.70 bits per heavy atom. The van der Waals surface area contributed by atoms with E-state index in [-0.39, 0.29) is 11.9 Å². The molecule has 1 heterocycles. The molecule has 1 N–H and O–H groups in total. The molecule has 0 bridgehead atoms. The maximum absolute atomic E-state index is 11.8. The number of hydrogen-bond acceptors (Lipinski definition) is 6. The van der Waals surface area contributed by atoms with Crippen molar-refractivity contribution >= 4 is 35.6 Å². The Morgan fingerprint density at radius 1 is 1.11 bits per heavy atom. The lowest BCUT2D eigenvalue weighted by Crippen LogP contribution is -2.20. The molecule has 0 saturated carbocycles. The van der Waals surface area contributed by atoms with E-state index in [1.165, 1.54) is 12.2 Å². The van der Waals surface area contributed by atoms with Crippen molar-refractivity contribution in [3.05, 3.63) is 71.3 Å². The van der Waals surface area contributed by atoms with Crippen molar-refractivity contribution in [2.24, 2.45) is 0 Å². The largest absolute Gasteiger partial charge is 0.452 e. The van der Waals surface area contributed by atoms with E-state index in [1.807, 2.05) is 18.2 Å². The molecule has 0 aliphatic heterocycles. The highest BCUT2D eigenvalue weighted by atomic mass is 35.5. The minimum Gasteiger partial charge on any atom is -0.452 e. The van der Waals surface area contributed by atoms with Crippen LogP contribution in [-0.4, -0.2) is 28.7 Å². The lowest BCUT2D eigenvalue weighted by Gasteiger charge is -2.01. The van der Waals surface area contributed by atoms with E-state index in [1.54, 1.807) is 36.4 Å². The van der Waals surface area contributed by atoms with Crippen molar-refractivity contribution in [3.63, 3.8) is 0 Å². The third-order valence-electron chi connectivity index (χ3n) is 3.30. The number of carbonyl (C=O) groups excluding carboxylic acids is 2. The number of benzene rings is 2. The second-order valence-electron chi connectivity index (χ2n) is 5.32. The third-order valence-corrected chi connectivity index (χ3v) is 3.53. The number of anilines is 1. The van der Waals surface area contributed by atoms with Crippen molar-refractivity contribution in [1.29, 1.82) is 0 Å². The molecule has 2 aromatic carbocycles. The van der Waals surface area contributed by atoms with Crippen LogP contribution in [0, 0.1) is 0 Å². The minimum absolute atomic E-state index is 0.0793. The first-order valence-corrected chi connectivity index (χ1v) is 8.27. The quantitative estimate of drug-likeness (QED) is 0.516. The first-order valence-electron chi connectivity index (χ1n) is 7.89. The highest BCUT2D eigenvalue weighted by molar-refractivity contribution is 6.30. The summed E-state index contributed by atoms with van der Waals surface area (Å²) in [6.07, 6.45) is 2.75. The Bertz CT molecular complexity index is 970. The van der Waals surface area contributed by atoms with Gasteiger partial charge in [-0.1, -0.05) is 47.0 Å². The number of rotatable bonds is 6. The van der Waals surface area contributed by atoms with Gasteiger partial charge in [-0.05, 0) is 35.9 Å². The summed E-state index contributed by atoms with van der Waals surface area (Å²) in [7, 11) is 0. The summed E-state index contributed by atoms with van der Waals surface area (Å²) < 4.78 is 10.2. The number of carbonyl (C=O) groups is 2. The molecule has 0 spiro atoms. The average molecular weight is 384 g/mol. The molecule has 0 fully saturated rings. The van der Waals surface area contributed by atoms with Gasteiger partial charge in [0.2, 0.25) is 5.89 Å². The van der Waals surface area contributed by atoms with E-state index in [4.69, 9.17) is 20.8 Å². The zero-order chi connectivity index (χ0) is 19.1. The molecular formula is C19H14ClN3O4. The number of aromatic nitrogens is 2. The van der Waals surface area contributed by atoms with Gasteiger partial charge in [0.15, 0.2) is 6.61 Å². The molecule has 3 aromatic rings. The van der Waals surface area contributed by atoms with Gasteiger partial charge in [-0.25, -0.2) is 4.79 Å². The molecule has 8 heteroatoms. The fourth-order valence-corrected chi connectivity index (χ4v) is 2.28. The lowest BCUT2D eigenvalue weighted by molar-refractivity contribution is -0.142. The van der Waals surface area contributed by atoms with Gasteiger partial charge in [-0.15, -0.1) is 5.10 Å². The minimum atomic E-state index is -0.666. The van der Waals surface area contributed by atoms with Crippen LogP contribution in [0.3, 0.4) is 0 Å². The fraction of sp³-hybridized carbons (Fsp3) is 0.0526. The summed E-state index contributed by atoms with van der Waals surface area (Å²) in [6.45, 7) is -0.484. The van der Waals surface area contributed by atoms with Crippen molar-refractivity contribution in [2.45, 2.75) is 0 Å². The second-order valence-corrected chi connectivity index (χ2v) is 5.76. The highest BCUT2D eigenvalue weighted by Gasteiger charge is 2.12. The smallest absolute Gasteiger partial charge is 0.331 e. The summed E-state index contributed by atoms with van der Waals surface area (Å²) in [5, 5.41) is 10.5. The summed E-state index contributed by atoms with van der Waals surface area (Å²) in [5.74, 6) is -0.990. The normalized spacial score (nSPS) is 10.7. The van der Waals surface area contributed by atoms with Gasteiger partial charge in [0.25, 0.3) is 5.91 Å². The average Bonchev–Trinajstić information content (AvgIpc) is 3.14. The van der Waals surface area contributed by atoms with E-state index >= 15 is 0 Å². The van der Waals surface area contributed by atoms with Gasteiger partial charge in [0, 0.05) is 16.7 Å². The molecule has 0 radical (unpaired) electrons. The van der Waals surface area contributed by atoms with Crippen LogP contribution < -0.4 is 5.32 Å². The van der Waals surface area contributed by atoms with Crippen LogP contribution in [0.5, 0.6) is 0 Å². The van der Waals surface area contributed by atoms with Crippen molar-refractivity contribution in [2.75, 3.05) is 11.9 Å². The predicted octanol–water partition coefficient (Wildman–Crippen LogP) is 3.59. The number of nitrogens with one attached hydrogen (secondary N) is 1. The van der Waals surface area contributed by atoms with Crippen molar-refractivity contribution in [3.8, 4) is 11.5 Å². The van der Waals surface area contributed by atoms with Gasteiger partial charge in [-0.2, -0.15) is 0 Å². The predicted molar refractivity (Wildman–Crippen MR) is 99.8 cm³/mol. The molecule has 27 heavy (non-hydrogen) atoms. The summed E-state index contributed by atoms with van der Waals surface area (Å²) in [4.78, 5) is 23.5. The zero-order valence-corrected chi connectivity index (χ0v) is 14.7. The van der Waals surface area contributed by atoms with E-state index in [2.05, 4.69) is 15.5 Å². The van der Waals surface area contributed by atoms with Crippen LogP contribution in [-0.2, 0) is 14.3 Å². The van der Waals surface area contributed by atoms with Crippen LogP contribution in [0.4, 0.5) is 6.01 Å². The molecular weight excluding hydrogens is 370 g/mol. The Balaban J connectivity index is 1.48. The van der Waals surface area contributed by atoms with Crippen LogP contribution in [0.1, 0.15) is 5.56 Å². The lowest BCUT2D eigenvalue weighted by atomic mass is 10.2. The van der Waals surface area contributed by atoms with Gasteiger partial charge in [0.1, 0.15) is 0 Å². The van der Waals surface area contributed by atoms with Crippen molar-refractivity contribution in [1.82, 2.24) is 10.2 Å². The van der Waals surface area contributed by atoms with E-state index in [0.29, 0.717) is 5.02 Å². The maximum Gasteiger partial charge on any atom is 0.331 e. The molecule has 0 atom stereocenters. The fourth-order valence-electron chi connectivity index (χ4n) is 2.09. The SMILES string of the molecule is O=C(COC(=O)/C=C/c1cccc(Cl)c1)Nc1nnc(-c2ccccc2)o1. The third kappa shape index (κ3) is 5.52. The summed E-state index contributed by atoms with van der Waals surface area (Å²) in [6, 6.07) is 16.0. The Morgan fingerprint density at radius 2 is 1.93 bits per heavy atom. The first kappa shape index (κ1) is 18.3. The van der Waals surface area contributed by atoms with Gasteiger partial charge >= 0.3 is 12.0 Å². The Hall–Kier alpha value is -3.45. The van der Waals surface area contributed by atoms with E-state index in [9.17, 15) is 9.59 Å². The number of esters is 1. The number of halogens is 1. The molecule has 3 rings (SSSR count). The molecule has 7 nitrogen and oxygen atoms in total. The molecule has 0 saturated heterocycles. The molecule has 0 unspecified atom stereocenters. The van der Waals surface area contributed by atoms with Crippen LogP contribution in [0.25, 0.3) is 17.5 Å². The van der Waals surface area contributed by atoms with Crippen LogP contribution >= 0.6 is 11.6 Å². The Labute approximate surface area is 159 Å². The van der Waals surface area contributed by atoms with Gasteiger partial charge in [-0.3, -0.25) is 10.1 Å². The van der Waals surface area contributed by atoms with Gasteiger partial charge in [0.05, 0.1) is 0 Å². The first-order chi connectivity index (χ1) is 13.1. The second kappa shape index (κ2) is 8.77. The highest BCUT2D eigenvalue weighted by Crippen LogP contribution is 2.18. The van der Waals surface area contributed by atoms with Crippen molar-refractivity contribution < 1.29 is 18.7 Å². The monoisotopic (exact) mass is 383 g/mol. The number of ether oxygens (including phenoxy) is 1. The molecule has 1 aromatic heterocycles. The molecule has 0 aliphatic rings. The van der Waals surface area contributed by atoms with Crippen LogP contribution in [0.15, 0.2) is 65.1 Å². The van der Waals surface area contributed by atoms with Crippen LogP contribution in [0.2, 0.25) is 5.02 Å². The molecule has 0 aliphatic carbocycles.